The minimum Gasteiger partial charge on any atom is -0.489 e. The molecular formula is C18H24F3N3O. The molecule has 0 atom stereocenters. The third-order valence-electron chi connectivity index (χ3n) is 3.88. The Morgan fingerprint density at radius 3 is 2.48 bits per heavy atom. The van der Waals surface area contributed by atoms with Gasteiger partial charge in [-0.25, -0.2) is 5.01 Å². The van der Waals surface area contributed by atoms with Crippen LogP contribution in [0, 0.1) is 5.92 Å². The lowest BCUT2D eigenvalue weighted by molar-refractivity contribution is -0.0956. The molecule has 1 aliphatic rings. The van der Waals surface area contributed by atoms with E-state index >= 15 is 0 Å². The van der Waals surface area contributed by atoms with Crippen molar-refractivity contribution >= 4 is 0 Å². The summed E-state index contributed by atoms with van der Waals surface area (Å²) in [4.78, 5) is 0. The summed E-state index contributed by atoms with van der Waals surface area (Å²) in [5.74, 6) is 6.18. The van der Waals surface area contributed by atoms with Gasteiger partial charge < -0.3 is 10.5 Å². The topological polar surface area (TPSA) is 64.5 Å². The second-order valence-corrected chi connectivity index (χ2v) is 6.12. The highest BCUT2D eigenvalue weighted by atomic mass is 19.4. The summed E-state index contributed by atoms with van der Waals surface area (Å²) >= 11 is 0. The van der Waals surface area contributed by atoms with Crippen LogP contribution >= 0.6 is 0 Å². The zero-order valence-corrected chi connectivity index (χ0v) is 14.0. The van der Waals surface area contributed by atoms with Gasteiger partial charge in [0, 0.05) is 19.6 Å². The van der Waals surface area contributed by atoms with E-state index in [1.165, 1.54) is 6.08 Å². The molecule has 1 aromatic rings. The van der Waals surface area contributed by atoms with Crippen molar-refractivity contribution in [2.45, 2.75) is 25.6 Å². The van der Waals surface area contributed by atoms with Crippen LogP contribution in [0.25, 0.3) is 0 Å². The molecule has 1 fully saturated rings. The maximum atomic E-state index is 13.2. The number of nitrogens with two attached hydrogens (primary N) is 2. The van der Waals surface area contributed by atoms with E-state index in [-0.39, 0.29) is 12.4 Å². The molecule has 0 saturated heterocycles. The minimum absolute atomic E-state index is 0.0362. The number of hydrazine groups is 1. The molecule has 1 aliphatic carbocycles. The van der Waals surface area contributed by atoms with Crippen molar-refractivity contribution in [1.29, 1.82) is 0 Å². The first-order valence-electron chi connectivity index (χ1n) is 8.23. The van der Waals surface area contributed by atoms with Crippen LogP contribution in [0.3, 0.4) is 0 Å². The van der Waals surface area contributed by atoms with Gasteiger partial charge in [-0.05, 0) is 30.4 Å². The summed E-state index contributed by atoms with van der Waals surface area (Å²) in [5, 5.41) is 1.60. The highest BCUT2D eigenvalue weighted by molar-refractivity contribution is 5.26. The molecule has 25 heavy (non-hydrogen) atoms. The zero-order chi connectivity index (χ0) is 18.3. The quantitative estimate of drug-likeness (QED) is 0.309. The molecule has 0 amide bonds. The third-order valence-corrected chi connectivity index (χ3v) is 3.88. The minimum atomic E-state index is -4.54. The second kappa shape index (κ2) is 9.03. The Labute approximate surface area is 145 Å². The van der Waals surface area contributed by atoms with Gasteiger partial charge in [0.25, 0.3) is 0 Å². The number of halogens is 3. The number of nitrogens with zero attached hydrogens (tertiary/aromatic N) is 1. The van der Waals surface area contributed by atoms with Crippen LogP contribution in [0.2, 0.25) is 0 Å². The Morgan fingerprint density at radius 1 is 1.24 bits per heavy atom. The van der Waals surface area contributed by atoms with E-state index in [9.17, 15) is 13.2 Å². The van der Waals surface area contributed by atoms with Gasteiger partial charge in [-0.3, -0.25) is 5.84 Å². The Hall–Kier alpha value is -1.83. The molecule has 1 saturated carbocycles. The van der Waals surface area contributed by atoms with Gasteiger partial charge in [-0.2, -0.15) is 13.2 Å². The third kappa shape index (κ3) is 6.89. The highest BCUT2D eigenvalue weighted by Gasteiger charge is 2.35. The lowest BCUT2D eigenvalue weighted by Crippen LogP contribution is -2.33. The molecule has 4 nitrogen and oxygen atoms in total. The zero-order valence-electron chi connectivity index (χ0n) is 14.0. The average molecular weight is 355 g/mol. The van der Waals surface area contributed by atoms with Gasteiger partial charge in [0.1, 0.15) is 12.4 Å². The molecule has 138 valence electrons. The molecule has 0 heterocycles. The van der Waals surface area contributed by atoms with Crippen LogP contribution in [-0.4, -0.2) is 30.8 Å². The number of rotatable bonds is 9. The van der Waals surface area contributed by atoms with Crippen LogP contribution < -0.4 is 11.6 Å². The molecule has 0 spiro atoms. The fourth-order valence-corrected chi connectivity index (χ4v) is 2.33. The summed E-state index contributed by atoms with van der Waals surface area (Å²) in [7, 11) is 0. The predicted octanol–water partition coefficient (Wildman–Crippen LogP) is 3.12. The van der Waals surface area contributed by atoms with Crippen LogP contribution in [0.15, 0.2) is 53.8 Å². The van der Waals surface area contributed by atoms with Crippen LogP contribution in [-0.2, 0) is 11.3 Å². The van der Waals surface area contributed by atoms with E-state index in [0.29, 0.717) is 12.5 Å². The molecule has 7 heteroatoms. The number of benzene rings is 1. The molecule has 0 unspecified atom stereocenters. The van der Waals surface area contributed by atoms with Crippen molar-refractivity contribution in [2.75, 3.05) is 19.6 Å². The molecule has 0 bridgehead atoms. The molecule has 0 aromatic heterocycles. The Bertz CT molecular complexity index is 595. The van der Waals surface area contributed by atoms with Gasteiger partial charge >= 0.3 is 6.18 Å². The van der Waals surface area contributed by atoms with Crippen molar-refractivity contribution in [1.82, 2.24) is 5.01 Å². The average Bonchev–Trinajstić information content (AvgIpc) is 3.36. The largest absolute Gasteiger partial charge is 0.489 e. The maximum Gasteiger partial charge on any atom is 0.417 e. The van der Waals surface area contributed by atoms with E-state index in [1.54, 1.807) is 35.4 Å². The van der Waals surface area contributed by atoms with Crippen molar-refractivity contribution in [3.63, 3.8) is 0 Å². The van der Waals surface area contributed by atoms with Crippen LogP contribution in [0.1, 0.15) is 18.4 Å². The fourth-order valence-electron chi connectivity index (χ4n) is 2.33. The molecule has 0 radical (unpaired) electrons. The van der Waals surface area contributed by atoms with Crippen molar-refractivity contribution in [2.24, 2.45) is 17.5 Å². The molecular weight excluding hydrogens is 331 g/mol. The number of allylic oxidation sites excluding steroid dienone is 1. The van der Waals surface area contributed by atoms with Gasteiger partial charge in [-0.15, -0.1) is 0 Å². The molecule has 4 N–H and O–H groups in total. The summed E-state index contributed by atoms with van der Waals surface area (Å²) < 4.78 is 44.9. The highest BCUT2D eigenvalue weighted by Crippen LogP contribution is 2.30. The number of hydrogen-bond donors (Lipinski definition) is 2. The monoisotopic (exact) mass is 355 g/mol. The van der Waals surface area contributed by atoms with Crippen molar-refractivity contribution in [3.8, 4) is 0 Å². The SMILES string of the molecule is NC/C(=C(\C=C/CN(N)CC1CC1)OCc1ccccc1)C(F)(F)F. The van der Waals surface area contributed by atoms with E-state index in [0.717, 1.165) is 24.9 Å². The Kier molecular flexibility index (Phi) is 7.04. The Morgan fingerprint density at radius 2 is 1.92 bits per heavy atom. The van der Waals surface area contributed by atoms with Gasteiger partial charge in [0.15, 0.2) is 0 Å². The lowest BCUT2D eigenvalue weighted by Gasteiger charge is -2.16. The normalized spacial score (nSPS) is 16.4. The van der Waals surface area contributed by atoms with E-state index in [2.05, 4.69) is 0 Å². The van der Waals surface area contributed by atoms with Crippen molar-refractivity contribution < 1.29 is 17.9 Å². The molecule has 2 rings (SSSR count). The molecule has 1 aromatic carbocycles. The smallest absolute Gasteiger partial charge is 0.417 e. The predicted molar refractivity (Wildman–Crippen MR) is 91.0 cm³/mol. The summed E-state index contributed by atoms with van der Waals surface area (Å²) in [5.41, 5.74) is 5.20. The molecule has 0 aliphatic heterocycles. The summed E-state index contributed by atoms with van der Waals surface area (Å²) in [6.07, 6.45) is 0.666. The fraction of sp³-hybridized carbons (Fsp3) is 0.444. The first kappa shape index (κ1) is 19.5. The van der Waals surface area contributed by atoms with E-state index < -0.39 is 18.3 Å². The first-order valence-corrected chi connectivity index (χ1v) is 8.23. The standard InChI is InChI=1S/C18H24F3N3O/c19-18(20,21)16(11-22)17(25-13-15-5-2-1-3-6-15)7-4-10-24(23)12-14-8-9-14/h1-7,14H,8-13,22-23H2/b7-4-,17-16-. The van der Waals surface area contributed by atoms with Crippen LogP contribution in [0.5, 0.6) is 0 Å². The number of hydrogen-bond acceptors (Lipinski definition) is 4. The Balaban J connectivity index is 2.06. The maximum absolute atomic E-state index is 13.2. The second-order valence-electron chi connectivity index (χ2n) is 6.12. The van der Waals surface area contributed by atoms with Gasteiger partial charge in [-0.1, -0.05) is 36.4 Å². The van der Waals surface area contributed by atoms with Gasteiger partial charge in [0.05, 0.1) is 5.57 Å². The van der Waals surface area contributed by atoms with E-state index in [4.69, 9.17) is 16.3 Å². The number of alkyl halides is 3. The number of ether oxygens (including phenoxy) is 1. The lowest BCUT2D eigenvalue weighted by atomic mass is 10.2. The van der Waals surface area contributed by atoms with Crippen LogP contribution in [0.4, 0.5) is 13.2 Å². The summed E-state index contributed by atoms with van der Waals surface area (Å²) in [6, 6.07) is 9.00. The van der Waals surface area contributed by atoms with Gasteiger partial charge in [0.2, 0.25) is 0 Å². The van der Waals surface area contributed by atoms with E-state index in [1.807, 2.05) is 6.07 Å². The first-order chi connectivity index (χ1) is 11.9. The van der Waals surface area contributed by atoms with Crippen molar-refractivity contribution in [3.05, 3.63) is 59.4 Å². The summed E-state index contributed by atoms with van der Waals surface area (Å²) in [6.45, 7) is 0.489.